The number of ether oxygens (including phenoxy) is 3. The fourth-order valence-corrected chi connectivity index (χ4v) is 4.94. The Morgan fingerprint density at radius 1 is 1.05 bits per heavy atom. The van der Waals surface area contributed by atoms with Crippen LogP contribution in [0.5, 0.6) is 0 Å². The lowest BCUT2D eigenvalue weighted by molar-refractivity contribution is -0.158. The minimum atomic E-state index is -1.41. The number of carboxylic acid groups (broad SMARTS) is 1. The molecule has 2 aromatic rings. The zero-order chi connectivity index (χ0) is 26.7. The molecule has 1 aliphatic heterocycles. The molecule has 1 fully saturated rings. The summed E-state index contributed by atoms with van der Waals surface area (Å²) in [5.41, 5.74) is 2.93. The molecule has 0 radical (unpaired) electrons. The third-order valence-corrected chi connectivity index (χ3v) is 6.62. The van der Waals surface area contributed by atoms with E-state index in [4.69, 9.17) is 14.2 Å². The maximum atomic E-state index is 13.4. The van der Waals surface area contributed by atoms with Crippen molar-refractivity contribution in [2.24, 2.45) is 0 Å². The third-order valence-electron chi connectivity index (χ3n) is 6.62. The quantitative estimate of drug-likeness (QED) is 0.519. The molecular weight excluding hydrogens is 480 g/mol. The van der Waals surface area contributed by atoms with E-state index < -0.39 is 48.2 Å². The Balaban J connectivity index is 1.50. The van der Waals surface area contributed by atoms with Gasteiger partial charge in [0.2, 0.25) is 5.91 Å². The minimum Gasteiger partial charge on any atom is -0.480 e. The Kier molecular flexibility index (Phi) is 7.49. The summed E-state index contributed by atoms with van der Waals surface area (Å²) in [6.45, 7) is 4.58. The fraction of sp³-hybridized carbons (Fsp3) is 0.407. The number of hydrogen-bond donors (Lipinski definition) is 2. The molecule has 4 rings (SSSR count). The molecular formula is C27H30N2O8. The Labute approximate surface area is 214 Å². The number of amides is 2. The second kappa shape index (κ2) is 10.6. The van der Waals surface area contributed by atoms with Crippen LogP contribution in [0.1, 0.15) is 44.2 Å². The first-order valence-electron chi connectivity index (χ1n) is 12.1. The van der Waals surface area contributed by atoms with Gasteiger partial charge in [0, 0.05) is 5.92 Å². The van der Waals surface area contributed by atoms with Crippen molar-refractivity contribution in [1.29, 1.82) is 0 Å². The smallest absolute Gasteiger partial charge is 0.407 e. The van der Waals surface area contributed by atoms with Crippen LogP contribution >= 0.6 is 0 Å². The zero-order valence-electron chi connectivity index (χ0n) is 20.9. The molecule has 10 nitrogen and oxygen atoms in total. The lowest BCUT2D eigenvalue weighted by Crippen LogP contribution is -2.58. The number of carbonyl (C=O) groups is 4. The van der Waals surface area contributed by atoms with Crippen molar-refractivity contribution < 1.29 is 38.5 Å². The maximum Gasteiger partial charge on any atom is 0.407 e. The fourth-order valence-electron chi connectivity index (χ4n) is 4.94. The molecule has 0 spiro atoms. The van der Waals surface area contributed by atoms with Crippen LogP contribution in [0.3, 0.4) is 0 Å². The molecule has 0 bridgehead atoms. The van der Waals surface area contributed by atoms with Crippen molar-refractivity contribution in [3.63, 3.8) is 0 Å². The number of alkyl carbamates (subject to hydrolysis) is 1. The molecule has 2 amide bonds. The van der Waals surface area contributed by atoms with Gasteiger partial charge < -0.3 is 24.6 Å². The summed E-state index contributed by atoms with van der Waals surface area (Å²) in [6.07, 6.45) is -1.40. The van der Waals surface area contributed by atoms with Crippen LogP contribution in [0.25, 0.3) is 11.1 Å². The van der Waals surface area contributed by atoms with E-state index in [0.717, 1.165) is 27.2 Å². The highest BCUT2D eigenvalue weighted by atomic mass is 16.6. The number of hydrogen-bond acceptors (Lipinski definition) is 7. The van der Waals surface area contributed by atoms with Gasteiger partial charge in [0.15, 0.2) is 6.04 Å². The molecule has 196 valence electrons. The van der Waals surface area contributed by atoms with Crippen LogP contribution in [-0.2, 0) is 28.6 Å². The molecule has 0 aromatic heterocycles. The minimum absolute atomic E-state index is 0.0102. The highest BCUT2D eigenvalue weighted by molar-refractivity contribution is 5.93. The summed E-state index contributed by atoms with van der Waals surface area (Å²) < 4.78 is 16.0. The number of benzene rings is 2. The monoisotopic (exact) mass is 510 g/mol. The number of esters is 1. The van der Waals surface area contributed by atoms with E-state index in [1.54, 1.807) is 20.8 Å². The van der Waals surface area contributed by atoms with Crippen LogP contribution in [-0.4, -0.2) is 71.6 Å². The number of aliphatic carboxylic acids is 1. The molecule has 2 N–H and O–H groups in total. The van der Waals surface area contributed by atoms with Crippen LogP contribution < -0.4 is 5.32 Å². The van der Waals surface area contributed by atoms with Gasteiger partial charge in [-0.25, -0.2) is 9.59 Å². The molecule has 1 aliphatic carbocycles. The summed E-state index contributed by atoms with van der Waals surface area (Å²) >= 11 is 0. The molecule has 1 unspecified atom stereocenters. The van der Waals surface area contributed by atoms with Gasteiger partial charge in [0.1, 0.15) is 18.4 Å². The van der Waals surface area contributed by atoms with Gasteiger partial charge >= 0.3 is 18.0 Å². The van der Waals surface area contributed by atoms with E-state index in [-0.39, 0.29) is 25.7 Å². The number of nitrogens with one attached hydrogen (secondary N) is 1. The van der Waals surface area contributed by atoms with Crippen LogP contribution in [0.4, 0.5) is 4.79 Å². The van der Waals surface area contributed by atoms with Gasteiger partial charge in [-0.05, 0) is 43.0 Å². The average Bonchev–Trinajstić information content (AvgIpc) is 3.36. The molecule has 1 heterocycles. The molecule has 37 heavy (non-hydrogen) atoms. The predicted molar refractivity (Wildman–Crippen MR) is 132 cm³/mol. The Bertz CT molecular complexity index is 1160. The highest BCUT2D eigenvalue weighted by Crippen LogP contribution is 2.44. The van der Waals surface area contributed by atoms with E-state index in [2.05, 4.69) is 5.32 Å². The number of carbonyl (C=O) groups excluding carboxylic acids is 3. The van der Waals surface area contributed by atoms with Crippen LogP contribution in [0.15, 0.2) is 48.5 Å². The van der Waals surface area contributed by atoms with Crippen molar-refractivity contribution in [3.05, 3.63) is 59.7 Å². The number of nitrogens with zero attached hydrogens (tertiary/aromatic N) is 1. The first kappa shape index (κ1) is 26.2. The number of carboxylic acids is 1. The number of fused-ring (bicyclic) bond motifs is 3. The summed E-state index contributed by atoms with van der Waals surface area (Å²) in [5.74, 6) is -2.95. The second-order valence-corrected chi connectivity index (χ2v) is 9.35. The normalized spacial score (nSPS) is 18.5. The SMILES string of the molecule is CCOC(=O)C[C@H](NC(=O)OCC1c2ccccc2-c2ccccc21)C(=O)N1C(C(=O)O)COC1(C)C. The van der Waals surface area contributed by atoms with Gasteiger partial charge in [-0.15, -0.1) is 0 Å². The van der Waals surface area contributed by atoms with Crippen molar-refractivity contribution in [3.8, 4) is 11.1 Å². The van der Waals surface area contributed by atoms with E-state index >= 15 is 0 Å². The highest BCUT2D eigenvalue weighted by Gasteiger charge is 2.49. The van der Waals surface area contributed by atoms with Gasteiger partial charge in [-0.3, -0.25) is 14.5 Å². The first-order chi connectivity index (χ1) is 17.6. The van der Waals surface area contributed by atoms with Crippen LogP contribution in [0.2, 0.25) is 0 Å². The first-order valence-corrected chi connectivity index (χ1v) is 12.1. The molecule has 0 saturated carbocycles. The zero-order valence-corrected chi connectivity index (χ0v) is 20.9. The lowest BCUT2D eigenvalue weighted by atomic mass is 9.98. The lowest BCUT2D eigenvalue weighted by Gasteiger charge is -2.34. The van der Waals surface area contributed by atoms with Gasteiger partial charge in [-0.2, -0.15) is 0 Å². The standard InChI is InChI=1S/C27H30N2O8/c1-4-35-23(30)13-21(24(31)29-22(25(32)33)15-37-27(29,2)3)28-26(34)36-14-20-18-11-7-5-9-16(18)17-10-6-8-12-19(17)20/h5-12,20-22H,4,13-15H2,1-3H3,(H,28,34)(H,32,33)/t21-,22?/m0/s1. The van der Waals surface area contributed by atoms with Gasteiger partial charge in [-0.1, -0.05) is 48.5 Å². The van der Waals surface area contributed by atoms with E-state index in [9.17, 15) is 24.3 Å². The summed E-state index contributed by atoms with van der Waals surface area (Å²) in [5, 5.41) is 12.0. The maximum absolute atomic E-state index is 13.4. The van der Waals surface area contributed by atoms with Gasteiger partial charge in [0.05, 0.1) is 19.6 Å². The van der Waals surface area contributed by atoms with Crippen molar-refractivity contribution in [2.45, 2.75) is 50.9 Å². The molecule has 2 atom stereocenters. The molecule has 2 aliphatic rings. The Hall–Kier alpha value is -3.92. The van der Waals surface area contributed by atoms with E-state index in [1.165, 1.54) is 0 Å². The second-order valence-electron chi connectivity index (χ2n) is 9.35. The van der Waals surface area contributed by atoms with E-state index in [1.807, 2.05) is 48.5 Å². The summed E-state index contributed by atoms with van der Waals surface area (Å²) in [6, 6.07) is 13.1. The van der Waals surface area contributed by atoms with Crippen molar-refractivity contribution >= 4 is 23.9 Å². The molecule has 2 aromatic carbocycles. The Morgan fingerprint density at radius 2 is 1.65 bits per heavy atom. The van der Waals surface area contributed by atoms with Crippen molar-refractivity contribution in [1.82, 2.24) is 10.2 Å². The van der Waals surface area contributed by atoms with Gasteiger partial charge in [0.25, 0.3) is 0 Å². The van der Waals surface area contributed by atoms with Crippen molar-refractivity contribution in [2.75, 3.05) is 19.8 Å². The summed E-state index contributed by atoms with van der Waals surface area (Å²) in [4.78, 5) is 51.3. The van der Waals surface area contributed by atoms with E-state index in [0.29, 0.717) is 0 Å². The Morgan fingerprint density at radius 3 is 2.22 bits per heavy atom. The number of rotatable bonds is 8. The predicted octanol–water partition coefficient (Wildman–Crippen LogP) is 2.90. The topological polar surface area (TPSA) is 131 Å². The third kappa shape index (κ3) is 5.29. The largest absolute Gasteiger partial charge is 0.480 e. The average molecular weight is 511 g/mol. The van der Waals surface area contributed by atoms with Crippen LogP contribution in [0, 0.1) is 0 Å². The molecule has 1 saturated heterocycles. The molecule has 10 heteroatoms. The summed E-state index contributed by atoms with van der Waals surface area (Å²) in [7, 11) is 0.